The van der Waals surface area contributed by atoms with E-state index in [1.807, 2.05) is 32.0 Å². The van der Waals surface area contributed by atoms with Crippen LogP contribution in [0.4, 0.5) is 0 Å². The Morgan fingerprint density at radius 2 is 2.10 bits per heavy atom. The summed E-state index contributed by atoms with van der Waals surface area (Å²) in [5.41, 5.74) is 1.49. The standard InChI is InChI=1S/C15H20Cl2N2O/c1-5-20-15(3,4)9-19-13-11(17)7-6-8-12(13)18-14(19)10(2)16/h6-8,10H,5,9H2,1-4H3. The van der Waals surface area contributed by atoms with Crippen LogP contribution in [0.3, 0.4) is 0 Å². The summed E-state index contributed by atoms with van der Waals surface area (Å²) in [4.78, 5) is 4.61. The zero-order chi connectivity index (χ0) is 14.9. The van der Waals surface area contributed by atoms with Gasteiger partial charge >= 0.3 is 0 Å². The van der Waals surface area contributed by atoms with E-state index in [0.29, 0.717) is 18.2 Å². The maximum atomic E-state index is 6.34. The lowest BCUT2D eigenvalue weighted by atomic mass is 10.1. The normalized spacial score (nSPS) is 13.9. The van der Waals surface area contributed by atoms with Crippen LogP contribution in [-0.2, 0) is 11.3 Å². The van der Waals surface area contributed by atoms with Crippen LogP contribution in [0.25, 0.3) is 11.0 Å². The van der Waals surface area contributed by atoms with Crippen molar-refractivity contribution >= 4 is 34.2 Å². The topological polar surface area (TPSA) is 27.1 Å². The summed E-state index contributed by atoms with van der Waals surface area (Å²) in [6, 6.07) is 5.73. The molecular formula is C15H20Cl2N2O. The fourth-order valence-corrected chi connectivity index (χ4v) is 2.88. The first-order valence-corrected chi connectivity index (χ1v) is 7.60. The van der Waals surface area contributed by atoms with Gasteiger partial charge in [0.15, 0.2) is 0 Å². The van der Waals surface area contributed by atoms with Crippen LogP contribution in [0.15, 0.2) is 18.2 Å². The van der Waals surface area contributed by atoms with E-state index in [-0.39, 0.29) is 11.0 Å². The quantitative estimate of drug-likeness (QED) is 0.741. The zero-order valence-corrected chi connectivity index (χ0v) is 13.8. The van der Waals surface area contributed by atoms with E-state index < -0.39 is 0 Å². The Labute approximate surface area is 129 Å². The van der Waals surface area contributed by atoms with E-state index in [1.54, 1.807) is 0 Å². The summed E-state index contributed by atoms with van der Waals surface area (Å²) < 4.78 is 7.87. The molecule has 0 bridgehead atoms. The predicted octanol–water partition coefficient (Wildman–Crippen LogP) is 4.80. The molecule has 1 aromatic heterocycles. The van der Waals surface area contributed by atoms with E-state index in [2.05, 4.69) is 23.4 Å². The largest absolute Gasteiger partial charge is 0.374 e. The van der Waals surface area contributed by atoms with Crippen molar-refractivity contribution in [3.05, 3.63) is 29.0 Å². The number of aromatic nitrogens is 2. The molecule has 1 unspecified atom stereocenters. The fraction of sp³-hybridized carbons (Fsp3) is 0.533. The minimum absolute atomic E-state index is 0.184. The monoisotopic (exact) mass is 314 g/mol. The second-order valence-electron chi connectivity index (χ2n) is 5.47. The molecular weight excluding hydrogens is 295 g/mol. The van der Waals surface area contributed by atoms with Gasteiger partial charge in [0, 0.05) is 6.61 Å². The third-order valence-corrected chi connectivity index (χ3v) is 3.68. The SMILES string of the molecule is CCOC(C)(C)Cn1c(C(C)Cl)nc2cccc(Cl)c21. The average molecular weight is 315 g/mol. The summed E-state index contributed by atoms with van der Waals surface area (Å²) >= 11 is 12.6. The summed E-state index contributed by atoms with van der Waals surface area (Å²) in [6.07, 6.45) is 0. The Morgan fingerprint density at radius 1 is 1.40 bits per heavy atom. The highest BCUT2D eigenvalue weighted by atomic mass is 35.5. The number of hydrogen-bond acceptors (Lipinski definition) is 2. The van der Waals surface area contributed by atoms with Gasteiger partial charge in [0.05, 0.1) is 33.6 Å². The van der Waals surface area contributed by atoms with Gasteiger partial charge in [-0.25, -0.2) is 4.98 Å². The zero-order valence-electron chi connectivity index (χ0n) is 12.3. The maximum absolute atomic E-state index is 6.34. The highest BCUT2D eigenvalue weighted by Gasteiger charge is 2.24. The van der Waals surface area contributed by atoms with Crippen LogP contribution < -0.4 is 0 Å². The predicted molar refractivity (Wildman–Crippen MR) is 84.7 cm³/mol. The van der Waals surface area contributed by atoms with E-state index in [9.17, 15) is 0 Å². The number of rotatable bonds is 5. The van der Waals surface area contributed by atoms with Crippen LogP contribution in [0, 0.1) is 0 Å². The lowest BCUT2D eigenvalue weighted by Gasteiger charge is -2.27. The summed E-state index contributed by atoms with van der Waals surface area (Å²) in [7, 11) is 0. The van der Waals surface area contributed by atoms with Crippen molar-refractivity contribution in [1.29, 1.82) is 0 Å². The van der Waals surface area contributed by atoms with Gasteiger partial charge in [0.25, 0.3) is 0 Å². The molecule has 0 saturated carbocycles. The number of benzene rings is 1. The average Bonchev–Trinajstić information content (AvgIpc) is 2.68. The molecule has 1 heterocycles. The minimum Gasteiger partial charge on any atom is -0.374 e. The van der Waals surface area contributed by atoms with Crippen molar-refractivity contribution in [3.8, 4) is 0 Å². The van der Waals surface area contributed by atoms with E-state index >= 15 is 0 Å². The molecule has 1 aromatic carbocycles. The van der Waals surface area contributed by atoms with Gasteiger partial charge < -0.3 is 9.30 Å². The molecule has 0 aliphatic rings. The Hall–Kier alpha value is -0.770. The highest BCUT2D eigenvalue weighted by molar-refractivity contribution is 6.35. The van der Waals surface area contributed by atoms with Crippen LogP contribution in [0.2, 0.25) is 5.02 Å². The smallest absolute Gasteiger partial charge is 0.127 e. The fourth-order valence-electron chi connectivity index (χ4n) is 2.44. The number of ether oxygens (including phenoxy) is 1. The first-order valence-electron chi connectivity index (χ1n) is 6.78. The van der Waals surface area contributed by atoms with Crippen LogP contribution in [0.5, 0.6) is 0 Å². The van der Waals surface area contributed by atoms with Crippen molar-refractivity contribution in [3.63, 3.8) is 0 Å². The number of para-hydroxylation sites is 1. The first kappa shape index (κ1) is 15.6. The van der Waals surface area contributed by atoms with Gasteiger partial charge in [-0.1, -0.05) is 17.7 Å². The summed E-state index contributed by atoms with van der Waals surface area (Å²) in [5, 5.41) is 0.502. The molecule has 0 saturated heterocycles. The van der Waals surface area contributed by atoms with Crippen LogP contribution in [0.1, 0.15) is 38.9 Å². The van der Waals surface area contributed by atoms with Gasteiger partial charge in [0.1, 0.15) is 5.82 Å². The molecule has 0 N–H and O–H groups in total. The number of alkyl halides is 1. The Morgan fingerprint density at radius 3 is 2.70 bits per heavy atom. The third kappa shape index (κ3) is 3.11. The van der Waals surface area contributed by atoms with Crippen molar-refractivity contribution < 1.29 is 4.74 Å². The molecule has 0 aliphatic heterocycles. The number of hydrogen-bond donors (Lipinski definition) is 0. The van der Waals surface area contributed by atoms with E-state index in [0.717, 1.165) is 16.9 Å². The summed E-state index contributed by atoms with van der Waals surface area (Å²) in [6.45, 7) is 9.35. The Balaban J connectivity index is 2.57. The van der Waals surface area contributed by atoms with Crippen molar-refractivity contribution in [2.45, 2.75) is 45.2 Å². The van der Waals surface area contributed by atoms with Gasteiger partial charge in [-0.2, -0.15) is 0 Å². The van der Waals surface area contributed by atoms with Crippen molar-refractivity contribution in [2.24, 2.45) is 0 Å². The van der Waals surface area contributed by atoms with E-state index in [1.165, 1.54) is 0 Å². The molecule has 110 valence electrons. The van der Waals surface area contributed by atoms with Crippen LogP contribution in [-0.4, -0.2) is 21.8 Å². The molecule has 20 heavy (non-hydrogen) atoms. The molecule has 2 rings (SSSR count). The molecule has 5 heteroatoms. The second-order valence-corrected chi connectivity index (χ2v) is 6.53. The molecule has 1 atom stereocenters. The number of halogens is 2. The van der Waals surface area contributed by atoms with Crippen molar-refractivity contribution in [1.82, 2.24) is 9.55 Å². The second kappa shape index (κ2) is 5.92. The lowest BCUT2D eigenvalue weighted by molar-refractivity contribution is -0.0221. The molecule has 0 aliphatic carbocycles. The molecule has 3 nitrogen and oxygen atoms in total. The van der Waals surface area contributed by atoms with Gasteiger partial charge in [-0.3, -0.25) is 0 Å². The number of imidazole rings is 1. The van der Waals surface area contributed by atoms with Gasteiger partial charge in [0.2, 0.25) is 0 Å². The Kier molecular flexibility index (Phi) is 4.62. The summed E-state index contributed by atoms with van der Waals surface area (Å²) in [5.74, 6) is 0.822. The molecule has 0 fully saturated rings. The molecule has 0 amide bonds. The lowest BCUT2D eigenvalue weighted by Crippen LogP contribution is -2.31. The van der Waals surface area contributed by atoms with Crippen LogP contribution >= 0.6 is 23.2 Å². The highest BCUT2D eigenvalue weighted by Crippen LogP contribution is 2.31. The Bertz CT molecular complexity index is 605. The molecule has 2 aromatic rings. The minimum atomic E-state index is -0.303. The van der Waals surface area contributed by atoms with E-state index in [4.69, 9.17) is 27.9 Å². The molecule has 0 radical (unpaired) electrons. The maximum Gasteiger partial charge on any atom is 0.127 e. The number of fused-ring (bicyclic) bond motifs is 1. The van der Waals surface area contributed by atoms with Gasteiger partial charge in [-0.15, -0.1) is 11.6 Å². The van der Waals surface area contributed by atoms with Crippen molar-refractivity contribution in [2.75, 3.05) is 6.61 Å². The third-order valence-electron chi connectivity index (χ3n) is 3.18. The van der Waals surface area contributed by atoms with Gasteiger partial charge in [-0.05, 0) is 39.8 Å². The molecule has 0 spiro atoms. The first-order chi connectivity index (χ1) is 9.35. The number of nitrogens with zero attached hydrogens (tertiary/aromatic N) is 2.